The van der Waals surface area contributed by atoms with E-state index in [0.29, 0.717) is 0 Å². The Bertz CT molecular complexity index is 1240. The zero-order valence-electron chi connectivity index (χ0n) is 17.8. The first kappa shape index (κ1) is 24.1. The van der Waals surface area contributed by atoms with Gasteiger partial charge in [-0.2, -0.15) is 13.2 Å². The third-order valence-electron chi connectivity index (χ3n) is 4.76. The second kappa shape index (κ2) is 9.53. The first-order valence-corrected chi connectivity index (χ1v) is 11.2. The summed E-state index contributed by atoms with van der Waals surface area (Å²) in [5.41, 5.74) is -0.606. The maximum Gasteiger partial charge on any atom is 0.418 e. The van der Waals surface area contributed by atoms with Crippen molar-refractivity contribution in [2.75, 3.05) is 23.3 Å². The van der Waals surface area contributed by atoms with Crippen LogP contribution in [0.25, 0.3) is 0 Å². The van der Waals surface area contributed by atoms with Crippen molar-refractivity contribution in [3.8, 4) is 5.75 Å². The number of nitrogens with one attached hydrogen (secondary N) is 1. The van der Waals surface area contributed by atoms with Crippen LogP contribution >= 0.6 is 0 Å². The normalized spacial score (nSPS) is 11.7. The molecular formula is C23H21F3N2O4S. The van der Waals surface area contributed by atoms with E-state index in [-0.39, 0.29) is 16.3 Å². The van der Waals surface area contributed by atoms with Crippen molar-refractivity contribution < 1.29 is 31.1 Å². The van der Waals surface area contributed by atoms with Crippen LogP contribution in [0.5, 0.6) is 5.75 Å². The summed E-state index contributed by atoms with van der Waals surface area (Å²) in [6.07, 6.45) is -4.69. The summed E-state index contributed by atoms with van der Waals surface area (Å²) < 4.78 is 72.8. The number of rotatable bonds is 7. The lowest BCUT2D eigenvalue weighted by Gasteiger charge is -2.26. The van der Waals surface area contributed by atoms with Crippen molar-refractivity contribution in [3.63, 3.8) is 0 Å². The fraction of sp³-hybridized carbons (Fsp3) is 0.174. The molecule has 174 valence electrons. The average molecular weight is 478 g/mol. The van der Waals surface area contributed by atoms with Crippen molar-refractivity contribution in [2.24, 2.45) is 0 Å². The number of hydrogen-bond donors (Lipinski definition) is 1. The second-order valence-corrected chi connectivity index (χ2v) is 8.95. The third-order valence-corrected chi connectivity index (χ3v) is 6.53. The summed E-state index contributed by atoms with van der Waals surface area (Å²) >= 11 is 0. The highest BCUT2D eigenvalue weighted by Crippen LogP contribution is 2.35. The number of amides is 1. The largest absolute Gasteiger partial charge is 0.495 e. The molecule has 0 radical (unpaired) electrons. The lowest BCUT2D eigenvalue weighted by Crippen LogP contribution is -2.38. The van der Waals surface area contributed by atoms with E-state index in [1.54, 1.807) is 31.2 Å². The van der Waals surface area contributed by atoms with E-state index in [0.717, 1.165) is 22.0 Å². The van der Waals surface area contributed by atoms with Crippen LogP contribution in [0.3, 0.4) is 0 Å². The van der Waals surface area contributed by atoms with Crippen molar-refractivity contribution in [3.05, 3.63) is 83.9 Å². The molecule has 0 aliphatic heterocycles. The highest BCUT2D eigenvalue weighted by molar-refractivity contribution is 7.92. The Morgan fingerprint density at radius 2 is 1.58 bits per heavy atom. The molecule has 0 bridgehead atoms. The van der Waals surface area contributed by atoms with Crippen molar-refractivity contribution in [1.29, 1.82) is 0 Å². The molecule has 10 heteroatoms. The summed E-state index contributed by atoms with van der Waals surface area (Å²) in [5, 5.41) is 2.18. The molecule has 6 nitrogen and oxygen atoms in total. The van der Waals surface area contributed by atoms with E-state index in [1.807, 2.05) is 0 Å². The molecule has 0 aromatic heterocycles. The molecule has 3 aromatic rings. The third kappa shape index (κ3) is 5.46. The number of para-hydroxylation sites is 3. The predicted molar refractivity (Wildman–Crippen MR) is 119 cm³/mol. The zero-order valence-corrected chi connectivity index (χ0v) is 18.6. The highest BCUT2D eigenvalue weighted by Gasteiger charge is 2.34. The van der Waals surface area contributed by atoms with Crippen molar-refractivity contribution in [1.82, 2.24) is 0 Å². The summed E-state index contributed by atoms with van der Waals surface area (Å²) in [6.45, 7) is 1.02. The van der Waals surface area contributed by atoms with Gasteiger partial charge in [0.2, 0.25) is 5.91 Å². The van der Waals surface area contributed by atoms with E-state index < -0.39 is 39.9 Å². The van der Waals surface area contributed by atoms with Crippen LogP contribution in [0.2, 0.25) is 0 Å². The fourth-order valence-corrected chi connectivity index (χ4v) is 4.56. The number of benzene rings is 3. The molecule has 33 heavy (non-hydrogen) atoms. The number of sulfonamides is 1. The predicted octanol–water partition coefficient (Wildman–Crippen LogP) is 4.86. The van der Waals surface area contributed by atoms with Gasteiger partial charge >= 0.3 is 6.18 Å². The average Bonchev–Trinajstić information content (AvgIpc) is 2.77. The van der Waals surface area contributed by atoms with Crippen LogP contribution in [-0.2, 0) is 21.0 Å². The molecule has 0 atom stereocenters. The second-order valence-electron chi connectivity index (χ2n) is 7.09. The minimum absolute atomic E-state index is 0.0693. The maximum absolute atomic E-state index is 13.4. The zero-order chi connectivity index (χ0) is 24.2. The van der Waals surface area contributed by atoms with Crippen LogP contribution in [-0.4, -0.2) is 28.0 Å². The SMILES string of the molecule is COc1ccccc1N(CC(=O)Nc1ccccc1C(F)(F)F)S(=O)(=O)c1ccc(C)cc1. The first-order valence-electron chi connectivity index (χ1n) is 9.72. The van der Waals surface area contributed by atoms with Crippen molar-refractivity contribution in [2.45, 2.75) is 18.0 Å². The molecule has 0 aliphatic carbocycles. The number of ether oxygens (including phenoxy) is 1. The van der Waals surface area contributed by atoms with Crippen LogP contribution in [0, 0.1) is 6.92 Å². The molecular weight excluding hydrogens is 457 g/mol. The molecule has 0 saturated carbocycles. The van der Waals surface area contributed by atoms with Gasteiger partial charge in [0.05, 0.1) is 28.9 Å². The minimum Gasteiger partial charge on any atom is -0.495 e. The number of nitrogens with zero attached hydrogens (tertiary/aromatic N) is 1. The van der Waals surface area contributed by atoms with E-state index in [4.69, 9.17) is 4.74 Å². The lowest BCUT2D eigenvalue weighted by atomic mass is 10.1. The quantitative estimate of drug-likeness (QED) is 0.527. The monoisotopic (exact) mass is 478 g/mol. The summed E-state index contributed by atoms with van der Waals surface area (Å²) in [4.78, 5) is 12.7. The number of alkyl halides is 3. The Kier molecular flexibility index (Phi) is 6.97. The first-order chi connectivity index (χ1) is 15.5. The van der Waals surface area contributed by atoms with Gasteiger partial charge in [-0.3, -0.25) is 9.10 Å². The summed E-state index contributed by atoms with van der Waals surface area (Å²) in [6, 6.07) is 16.6. The maximum atomic E-state index is 13.4. The van der Waals surface area contributed by atoms with E-state index in [1.165, 1.54) is 43.5 Å². The molecule has 3 rings (SSSR count). The molecule has 1 N–H and O–H groups in total. The number of halogens is 3. The van der Waals surface area contributed by atoms with Crippen LogP contribution in [0.4, 0.5) is 24.5 Å². The topological polar surface area (TPSA) is 75.7 Å². The number of carbonyl (C=O) groups excluding carboxylic acids is 1. The Labute approximate surface area is 189 Å². The Balaban J connectivity index is 2.01. The standard InChI is InChI=1S/C23H21F3N2O4S/c1-16-11-13-17(14-12-16)33(30,31)28(20-9-5-6-10-21(20)32-2)15-22(29)27-19-8-4-3-7-18(19)23(24,25)26/h3-14H,15H2,1-2H3,(H,27,29). The number of aryl methyl sites for hydroxylation is 1. The van der Waals surface area contributed by atoms with E-state index in [2.05, 4.69) is 5.32 Å². The summed E-state index contributed by atoms with van der Waals surface area (Å²) in [5.74, 6) is -0.773. The van der Waals surface area contributed by atoms with Gasteiger partial charge in [0.25, 0.3) is 10.0 Å². The highest BCUT2D eigenvalue weighted by atomic mass is 32.2. The van der Waals surface area contributed by atoms with Gasteiger partial charge in [0.15, 0.2) is 0 Å². The van der Waals surface area contributed by atoms with Gasteiger partial charge in [-0.05, 0) is 43.3 Å². The molecule has 0 unspecified atom stereocenters. The number of anilines is 2. The number of hydrogen-bond acceptors (Lipinski definition) is 4. The fourth-order valence-electron chi connectivity index (χ4n) is 3.13. The van der Waals surface area contributed by atoms with Gasteiger partial charge in [-0.25, -0.2) is 8.42 Å². The van der Waals surface area contributed by atoms with Gasteiger partial charge < -0.3 is 10.1 Å². The van der Waals surface area contributed by atoms with Gasteiger partial charge in [-0.15, -0.1) is 0 Å². The minimum atomic E-state index is -4.69. The van der Waals surface area contributed by atoms with E-state index in [9.17, 15) is 26.4 Å². The number of methoxy groups -OCH3 is 1. The lowest BCUT2D eigenvalue weighted by molar-refractivity contribution is -0.137. The Morgan fingerprint density at radius 3 is 2.21 bits per heavy atom. The Hall–Kier alpha value is -3.53. The van der Waals surface area contributed by atoms with E-state index >= 15 is 0 Å². The molecule has 0 spiro atoms. The molecule has 1 amide bonds. The van der Waals surface area contributed by atoms with Crippen LogP contribution in [0.15, 0.2) is 77.7 Å². The van der Waals surface area contributed by atoms with Gasteiger partial charge in [0, 0.05) is 0 Å². The van der Waals surface area contributed by atoms with Gasteiger partial charge in [0.1, 0.15) is 12.3 Å². The van der Waals surface area contributed by atoms with Gasteiger partial charge in [-0.1, -0.05) is 42.0 Å². The molecule has 3 aromatic carbocycles. The van der Waals surface area contributed by atoms with Crippen LogP contribution in [0.1, 0.15) is 11.1 Å². The number of carbonyl (C=O) groups is 1. The Morgan fingerprint density at radius 1 is 0.970 bits per heavy atom. The molecule has 0 saturated heterocycles. The molecule has 0 fully saturated rings. The molecule has 0 aliphatic rings. The summed E-state index contributed by atoms with van der Waals surface area (Å²) in [7, 11) is -2.92. The smallest absolute Gasteiger partial charge is 0.418 e. The van der Waals surface area contributed by atoms with Crippen molar-refractivity contribution >= 4 is 27.3 Å². The van der Waals surface area contributed by atoms with Crippen LogP contribution < -0.4 is 14.4 Å². The molecule has 0 heterocycles.